The Kier molecular flexibility index (Phi) is 5.81. The molecule has 0 aliphatic carbocycles. The molecular weight excluding hydrogens is 522 g/mol. The summed E-state index contributed by atoms with van der Waals surface area (Å²) in [5.74, 6) is -0.0597. The van der Waals surface area contributed by atoms with Gasteiger partial charge in [-0.1, -0.05) is 29.3 Å². The zero-order chi connectivity index (χ0) is 20.5. The van der Waals surface area contributed by atoms with Gasteiger partial charge >= 0.3 is 5.97 Å². The summed E-state index contributed by atoms with van der Waals surface area (Å²) >= 11 is 14.8. The molecule has 1 aliphatic rings. The van der Waals surface area contributed by atoms with E-state index >= 15 is 0 Å². The van der Waals surface area contributed by atoms with Gasteiger partial charge in [-0.2, -0.15) is 0 Å². The van der Waals surface area contributed by atoms with E-state index in [0.717, 1.165) is 26.3 Å². The van der Waals surface area contributed by atoms with Crippen molar-refractivity contribution >= 4 is 69.0 Å². The number of amidine groups is 1. The number of benzene rings is 3. The lowest BCUT2D eigenvalue weighted by atomic mass is 9.92. The molecule has 29 heavy (non-hydrogen) atoms. The Hall–Kier alpha value is -2.09. The summed E-state index contributed by atoms with van der Waals surface area (Å²) < 4.78 is 1.15. The van der Waals surface area contributed by atoms with Crippen molar-refractivity contribution in [2.24, 2.45) is 4.99 Å². The molecule has 1 aliphatic heterocycles. The van der Waals surface area contributed by atoms with Crippen LogP contribution < -0.4 is 4.90 Å². The van der Waals surface area contributed by atoms with Crippen molar-refractivity contribution in [3.8, 4) is 0 Å². The molecule has 0 amide bonds. The molecular formula is C22H15Cl2IN2O2. The van der Waals surface area contributed by atoms with E-state index in [1.165, 1.54) is 0 Å². The van der Waals surface area contributed by atoms with Gasteiger partial charge in [0.15, 0.2) is 0 Å². The Morgan fingerprint density at radius 3 is 2.34 bits per heavy atom. The van der Waals surface area contributed by atoms with Crippen LogP contribution >= 0.6 is 45.8 Å². The Morgan fingerprint density at radius 2 is 1.72 bits per heavy atom. The van der Waals surface area contributed by atoms with E-state index in [2.05, 4.69) is 27.5 Å². The first kappa shape index (κ1) is 20.2. The van der Waals surface area contributed by atoms with E-state index in [0.29, 0.717) is 16.5 Å². The minimum absolute atomic E-state index is 0.00181. The van der Waals surface area contributed by atoms with Crippen LogP contribution in [0, 0.1) is 3.57 Å². The Bertz CT molecular complexity index is 1100. The molecule has 4 nitrogen and oxygen atoms in total. The SMILES string of the molecule is O=C(O)c1ccc(N2C(=Nc3ccc(I)cc3)CC2c2ccc(Cl)cc2Cl)cc1. The summed E-state index contributed by atoms with van der Waals surface area (Å²) in [5, 5.41) is 10.4. The van der Waals surface area contributed by atoms with Crippen molar-refractivity contribution in [2.45, 2.75) is 12.5 Å². The maximum atomic E-state index is 11.2. The monoisotopic (exact) mass is 536 g/mol. The van der Waals surface area contributed by atoms with Gasteiger partial charge in [-0.3, -0.25) is 0 Å². The molecule has 0 saturated carbocycles. The zero-order valence-corrected chi connectivity index (χ0v) is 18.7. The summed E-state index contributed by atoms with van der Waals surface area (Å²) in [6, 6.07) is 20.2. The van der Waals surface area contributed by atoms with Crippen LogP contribution in [0.5, 0.6) is 0 Å². The van der Waals surface area contributed by atoms with E-state index in [4.69, 9.17) is 28.2 Å². The average Bonchev–Trinajstić information content (AvgIpc) is 2.67. The standard InChI is InChI=1S/C22H15Cl2IN2O2/c23-14-3-10-18(19(24)11-14)20-12-21(26-16-6-4-15(25)5-7-16)27(20)17-8-1-13(2-9-17)22(28)29/h1-11,20H,12H2,(H,28,29). The van der Waals surface area contributed by atoms with Crippen molar-refractivity contribution in [3.63, 3.8) is 0 Å². The van der Waals surface area contributed by atoms with E-state index in [1.54, 1.807) is 30.3 Å². The number of halogens is 3. The Morgan fingerprint density at radius 1 is 1.03 bits per heavy atom. The summed E-state index contributed by atoms with van der Waals surface area (Å²) in [7, 11) is 0. The van der Waals surface area contributed by atoms with E-state index in [-0.39, 0.29) is 11.6 Å². The number of aromatic carboxylic acids is 1. The smallest absolute Gasteiger partial charge is 0.335 e. The topological polar surface area (TPSA) is 52.9 Å². The van der Waals surface area contributed by atoms with Gasteiger partial charge in [0.1, 0.15) is 5.84 Å². The Balaban J connectivity index is 1.73. The molecule has 1 N–H and O–H groups in total. The summed E-state index contributed by atoms with van der Waals surface area (Å²) in [4.78, 5) is 18.1. The minimum Gasteiger partial charge on any atom is -0.478 e. The lowest BCUT2D eigenvalue weighted by Crippen LogP contribution is -2.46. The van der Waals surface area contributed by atoms with Gasteiger partial charge in [-0.15, -0.1) is 0 Å². The number of hydrogen-bond acceptors (Lipinski definition) is 2. The molecule has 4 rings (SSSR count). The molecule has 1 heterocycles. The second-order valence-electron chi connectivity index (χ2n) is 6.61. The quantitative estimate of drug-likeness (QED) is 0.366. The lowest BCUT2D eigenvalue weighted by molar-refractivity contribution is 0.0697. The highest BCUT2D eigenvalue weighted by molar-refractivity contribution is 14.1. The van der Waals surface area contributed by atoms with Crippen molar-refractivity contribution in [2.75, 3.05) is 4.90 Å². The van der Waals surface area contributed by atoms with Crippen LogP contribution in [0.1, 0.15) is 28.4 Å². The third-order valence-corrected chi connectivity index (χ3v) is 6.05. The van der Waals surface area contributed by atoms with Gasteiger partial charge < -0.3 is 10.0 Å². The van der Waals surface area contributed by atoms with Gasteiger partial charge in [0.25, 0.3) is 0 Å². The van der Waals surface area contributed by atoms with Crippen LogP contribution in [0.3, 0.4) is 0 Å². The number of carboxylic acid groups (broad SMARTS) is 1. The zero-order valence-electron chi connectivity index (χ0n) is 15.0. The number of carbonyl (C=O) groups is 1. The summed E-state index contributed by atoms with van der Waals surface area (Å²) in [5.41, 5.74) is 2.93. The summed E-state index contributed by atoms with van der Waals surface area (Å²) in [6.45, 7) is 0. The molecule has 0 spiro atoms. The number of aliphatic imine (C=N–C) groups is 1. The van der Waals surface area contributed by atoms with Crippen molar-refractivity contribution < 1.29 is 9.90 Å². The van der Waals surface area contributed by atoms with Gasteiger partial charge in [0, 0.05) is 25.7 Å². The highest BCUT2D eigenvalue weighted by Gasteiger charge is 2.37. The van der Waals surface area contributed by atoms with Crippen molar-refractivity contribution in [3.05, 3.63) is 91.5 Å². The largest absolute Gasteiger partial charge is 0.478 e. The second kappa shape index (κ2) is 8.34. The number of hydrogen-bond donors (Lipinski definition) is 1. The molecule has 1 saturated heterocycles. The van der Waals surface area contributed by atoms with E-state index in [9.17, 15) is 9.90 Å². The molecule has 1 unspecified atom stereocenters. The fourth-order valence-corrected chi connectivity index (χ4v) is 4.20. The van der Waals surface area contributed by atoms with E-state index in [1.807, 2.05) is 36.4 Å². The maximum absolute atomic E-state index is 11.2. The van der Waals surface area contributed by atoms with Gasteiger partial charge in [-0.25, -0.2) is 9.79 Å². The highest BCUT2D eigenvalue weighted by atomic mass is 127. The van der Waals surface area contributed by atoms with Crippen LogP contribution in [0.2, 0.25) is 10.0 Å². The van der Waals surface area contributed by atoms with Crippen LogP contribution in [-0.2, 0) is 0 Å². The van der Waals surface area contributed by atoms with Crippen LogP contribution in [0.4, 0.5) is 11.4 Å². The average molecular weight is 537 g/mol. The second-order valence-corrected chi connectivity index (χ2v) is 8.70. The highest BCUT2D eigenvalue weighted by Crippen LogP contribution is 2.43. The predicted octanol–water partition coefficient (Wildman–Crippen LogP) is 6.98. The summed E-state index contributed by atoms with van der Waals surface area (Å²) in [6.07, 6.45) is 0.716. The molecule has 3 aromatic carbocycles. The number of rotatable bonds is 4. The molecule has 1 fully saturated rings. The van der Waals surface area contributed by atoms with Gasteiger partial charge in [0.2, 0.25) is 0 Å². The first-order valence-electron chi connectivity index (χ1n) is 8.83. The molecule has 146 valence electrons. The third kappa shape index (κ3) is 4.27. The number of carboxylic acids is 1. The van der Waals surface area contributed by atoms with Crippen molar-refractivity contribution in [1.29, 1.82) is 0 Å². The van der Waals surface area contributed by atoms with Crippen LogP contribution in [0.25, 0.3) is 0 Å². The first-order chi connectivity index (χ1) is 13.9. The van der Waals surface area contributed by atoms with Gasteiger partial charge in [-0.05, 0) is 88.8 Å². The fraction of sp³-hybridized carbons (Fsp3) is 0.0909. The van der Waals surface area contributed by atoms with Gasteiger partial charge in [0.05, 0.1) is 17.3 Å². The molecule has 1 atom stereocenters. The van der Waals surface area contributed by atoms with Crippen LogP contribution in [-0.4, -0.2) is 16.9 Å². The minimum atomic E-state index is -0.953. The molecule has 7 heteroatoms. The first-order valence-corrected chi connectivity index (χ1v) is 10.7. The fourth-order valence-electron chi connectivity index (χ4n) is 3.31. The number of nitrogens with zero attached hydrogens (tertiary/aromatic N) is 2. The third-order valence-electron chi connectivity index (χ3n) is 4.76. The molecule has 3 aromatic rings. The van der Waals surface area contributed by atoms with Crippen molar-refractivity contribution in [1.82, 2.24) is 0 Å². The normalized spacial score (nSPS) is 17.3. The molecule has 0 radical (unpaired) electrons. The lowest BCUT2D eigenvalue weighted by Gasteiger charge is -2.44. The Labute approximate surface area is 191 Å². The molecule has 0 aromatic heterocycles. The van der Waals surface area contributed by atoms with E-state index < -0.39 is 5.97 Å². The maximum Gasteiger partial charge on any atom is 0.335 e. The molecule has 0 bridgehead atoms. The van der Waals surface area contributed by atoms with Crippen LogP contribution in [0.15, 0.2) is 71.7 Å². The predicted molar refractivity (Wildman–Crippen MR) is 126 cm³/mol. The number of anilines is 1.